The lowest BCUT2D eigenvalue weighted by Gasteiger charge is -2.28. The molecule has 2 N–H and O–H groups in total. The van der Waals surface area contributed by atoms with Crippen molar-refractivity contribution in [3.63, 3.8) is 0 Å². The van der Waals surface area contributed by atoms with E-state index in [1.54, 1.807) is 6.07 Å². The minimum atomic E-state index is -0.310. The van der Waals surface area contributed by atoms with Crippen LogP contribution in [0, 0.1) is 11.7 Å². The Balaban J connectivity index is 1.86. The van der Waals surface area contributed by atoms with Crippen LogP contribution in [-0.2, 0) is 0 Å². The van der Waals surface area contributed by atoms with Crippen LogP contribution in [0.15, 0.2) is 18.3 Å². The van der Waals surface area contributed by atoms with Gasteiger partial charge in [0.25, 0.3) is 0 Å². The maximum absolute atomic E-state index is 12.8. The van der Waals surface area contributed by atoms with Crippen LogP contribution in [0.2, 0.25) is 0 Å². The van der Waals surface area contributed by atoms with Crippen LogP contribution >= 0.6 is 0 Å². The minimum absolute atomic E-state index is 0.103. The standard InChI is InChI=1S/C15H24FN3/c1-11(2)15-4-3-8-19(15)9-7-13(17)14-6-5-12(16)10-18-14/h5-6,10-11,13,15H,3-4,7-9,17H2,1-2H3. The third-order valence-electron chi connectivity index (χ3n) is 4.04. The van der Waals surface area contributed by atoms with E-state index in [0.29, 0.717) is 12.0 Å². The van der Waals surface area contributed by atoms with Gasteiger partial charge in [-0.2, -0.15) is 0 Å². The van der Waals surface area contributed by atoms with E-state index in [0.717, 1.165) is 18.7 Å². The molecule has 19 heavy (non-hydrogen) atoms. The van der Waals surface area contributed by atoms with E-state index in [1.165, 1.54) is 31.6 Å². The molecule has 0 amide bonds. The summed E-state index contributed by atoms with van der Waals surface area (Å²) in [6, 6.07) is 3.70. The van der Waals surface area contributed by atoms with E-state index >= 15 is 0 Å². The SMILES string of the molecule is CC(C)C1CCCN1CCC(N)c1ccc(F)cn1. The number of halogens is 1. The van der Waals surface area contributed by atoms with Gasteiger partial charge >= 0.3 is 0 Å². The van der Waals surface area contributed by atoms with Crippen molar-refractivity contribution in [2.75, 3.05) is 13.1 Å². The predicted molar refractivity (Wildman–Crippen MR) is 75.2 cm³/mol. The number of rotatable bonds is 5. The monoisotopic (exact) mass is 265 g/mol. The Morgan fingerprint density at radius 1 is 1.47 bits per heavy atom. The molecule has 1 aliphatic heterocycles. The zero-order chi connectivity index (χ0) is 13.8. The summed E-state index contributed by atoms with van der Waals surface area (Å²) in [5.74, 6) is 0.387. The molecule has 2 unspecified atom stereocenters. The highest BCUT2D eigenvalue weighted by Crippen LogP contribution is 2.24. The number of hydrogen-bond donors (Lipinski definition) is 1. The van der Waals surface area contributed by atoms with Crippen molar-refractivity contribution in [1.29, 1.82) is 0 Å². The van der Waals surface area contributed by atoms with E-state index in [1.807, 2.05) is 0 Å². The molecule has 1 fully saturated rings. The van der Waals surface area contributed by atoms with Crippen molar-refractivity contribution >= 4 is 0 Å². The fraction of sp³-hybridized carbons (Fsp3) is 0.667. The van der Waals surface area contributed by atoms with Crippen molar-refractivity contribution in [2.45, 2.75) is 45.2 Å². The summed E-state index contributed by atoms with van der Waals surface area (Å²) in [5.41, 5.74) is 6.91. The van der Waals surface area contributed by atoms with Gasteiger partial charge in [-0.05, 0) is 43.9 Å². The molecule has 1 saturated heterocycles. The van der Waals surface area contributed by atoms with E-state index in [9.17, 15) is 4.39 Å². The average molecular weight is 265 g/mol. The van der Waals surface area contributed by atoms with E-state index in [2.05, 4.69) is 23.7 Å². The fourth-order valence-corrected chi connectivity index (χ4v) is 2.94. The Morgan fingerprint density at radius 2 is 2.26 bits per heavy atom. The summed E-state index contributed by atoms with van der Waals surface area (Å²) < 4.78 is 12.8. The fourth-order valence-electron chi connectivity index (χ4n) is 2.94. The first kappa shape index (κ1) is 14.4. The Labute approximate surface area is 115 Å². The van der Waals surface area contributed by atoms with E-state index in [4.69, 9.17) is 5.73 Å². The molecule has 0 spiro atoms. The van der Waals surface area contributed by atoms with Gasteiger partial charge in [-0.1, -0.05) is 13.8 Å². The first-order valence-corrected chi connectivity index (χ1v) is 7.19. The average Bonchev–Trinajstić information content (AvgIpc) is 2.85. The quantitative estimate of drug-likeness (QED) is 0.890. The topological polar surface area (TPSA) is 42.1 Å². The first-order chi connectivity index (χ1) is 9.08. The molecule has 0 aromatic carbocycles. The molecule has 1 aromatic heterocycles. The number of likely N-dealkylation sites (tertiary alicyclic amines) is 1. The van der Waals surface area contributed by atoms with Crippen LogP contribution in [0.4, 0.5) is 4.39 Å². The van der Waals surface area contributed by atoms with Crippen LogP contribution in [0.1, 0.15) is 44.8 Å². The Morgan fingerprint density at radius 3 is 2.89 bits per heavy atom. The molecular weight excluding hydrogens is 241 g/mol. The molecule has 2 rings (SSSR count). The molecule has 1 aromatic rings. The highest BCUT2D eigenvalue weighted by atomic mass is 19.1. The van der Waals surface area contributed by atoms with Gasteiger partial charge in [-0.3, -0.25) is 4.98 Å². The molecule has 0 saturated carbocycles. The molecule has 4 heteroatoms. The second-order valence-corrected chi connectivity index (χ2v) is 5.79. The Hall–Kier alpha value is -1.00. The van der Waals surface area contributed by atoms with Gasteiger partial charge in [-0.25, -0.2) is 4.39 Å². The number of pyridine rings is 1. The Bertz CT molecular complexity index is 391. The van der Waals surface area contributed by atoms with Crippen LogP contribution in [0.3, 0.4) is 0 Å². The lowest BCUT2D eigenvalue weighted by atomic mass is 10.0. The molecule has 0 bridgehead atoms. The van der Waals surface area contributed by atoms with Crippen molar-refractivity contribution < 1.29 is 4.39 Å². The van der Waals surface area contributed by atoms with Gasteiger partial charge in [0.05, 0.1) is 11.9 Å². The number of hydrogen-bond acceptors (Lipinski definition) is 3. The summed E-state index contributed by atoms with van der Waals surface area (Å²) in [7, 11) is 0. The number of nitrogens with zero attached hydrogens (tertiary/aromatic N) is 2. The minimum Gasteiger partial charge on any atom is -0.323 e. The van der Waals surface area contributed by atoms with Crippen molar-refractivity contribution in [2.24, 2.45) is 11.7 Å². The maximum Gasteiger partial charge on any atom is 0.141 e. The molecule has 2 atom stereocenters. The van der Waals surface area contributed by atoms with Gasteiger partial charge in [-0.15, -0.1) is 0 Å². The number of aromatic nitrogens is 1. The highest BCUT2D eigenvalue weighted by Gasteiger charge is 2.26. The van der Waals surface area contributed by atoms with Gasteiger partial charge in [0, 0.05) is 18.6 Å². The molecular formula is C15H24FN3. The largest absolute Gasteiger partial charge is 0.323 e. The second-order valence-electron chi connectivity index (χ2n) is 5.79. The van der Waals surface area contributed by atoms with Gasteiger partial charge < -0.3 is 10.6 Å². The molecule has 1 aliphatic rings. The molecule has 0 aliphatic carbocycles. The third-order valence-corrected chi connectivity index (χ3v) is 4.04. The van der Waals surface area contributed by atoms with Gasteiger partial charge in [0.2, 0.25) is 0 Å². The molecule has 106 valence electrons. The number of nitrogens with two attached hydrogens (primary N) is 1. The summed E-state index contributed by atoms with van der Waals surface area (Å²) in [4.78, 5) is 6.59. The van der Waals surface area contributed by atoms with Gasteiger partial charge in [0.1, 0.15) is 5.82 Å². The summed E-state index contributed by atoms with van der Waals surface area (Å²) in [5, 5.41) is 0. The first-order valence-electron chi connectivity index (χ1n) is 7.19. The van der Waals surface area contributed by atoms with Crippen LogP contribution in [0.25, 0.3) is 0 Å². The van der Waals surface area contributed by atoms with E-state index < -0.39 is 0 Å². The van der Waals surface area contributed by atoms with Crippen molar-refractivity contribution in [3.8, 4) is 0 Å². The predicted octanol–water partition coefficient (Wildman–Crippen LogP) is 2.73. The van der Waals surface area contributed by atoms with E-state index in [-0.39, 0.29) is 11.9 Å². The van der Waals surface area contributed by atoms with Crippen molar-refractivity contribution in [1.82, 2.24) is 9.88 Å². The van der Waals surface area contributed by atoms with Gasteiger partial charge in [0.15, 0.2) is 0 Å². The summed E-state index contributed by atoms with van der Waals surface area (Å²) >= 11 is 0. The molecule has 0 radical (unpaired) electrons. The molecule has 3 nitrogen and oxygen atoms in total. The zero-order valence-corrected chi connectivity index (χ0v) is 11.8. The maximum atomic E-state index is 12.8. The lowest BCUT2D eigenvalue weighted by molar-refractivity contribution is 0.200. The van der Waals surface area contributed by atoms with Crippen LogP contribution < -0.4 is 5.73 Å². The summed E-state index contributed by atoms with van der Waals surface area (Å²) in [6.07, 6.45) is 4.69. The van der Waals surface area contributed by atoms with Crippen LogP contribution in [0.5, 0.6) is 0 Å². The normalized spacial score (nSPS) is 22.1. The smallest absolute Gasteiger partial charge is 0.141 e. The lowest BCUT2D eigenvalue weighted by Crippen LogP contribution is -2.35. The molecule has 2 heterocycles. The zero-order valence-electron chi connectivity index (χ0n) is 11.8. The summed E-state index contributed by atoms with van der Waals surface area (Å²) in [6.45, 7) is 6.74. The second kappa shape index (κ2) is 6.44. The van der Waals surface area contributed by atoms with Crippen molar-refractivity contribution in [3.05, 3.63) is 29.8 Å². The van der Waals surface area contributed by atoms with Crippen LogP contribution in [-0.4, -0.2) is 29.0 Å². The Kier molecular flexibility index (Phi) is 4.88. The highest BCUT2D eigenvalue weighted by molar-refractivity contribution is 5.09. The third kappa shape index (κ3) is 3.74.